The van der Waals surface area contributed by atoms with Crippen molar-refractivity contribution in [3.63, 3.8) is 0 Å². The van der Waals surface area contributed by atoms with Crippen molar-refractivity contribution in [3.05, 3.63) is 59.7 Å². The molecule has 2 N–H and O–H groups in total. The van der Waals surface area contributed by atoms with Crippen molar-refractivity contribution >= 4 is 11.6 Å². The summed E-state index contributed by atoms with van der Waals surface area (Å²) in [5.74, 6) is 0.502. The van der Waals surface area contributed by atoms with E-state index in [9.17, 15) is 9.90 Å². The van der Waals surface area contributed by atoms with Gasteiger partial charge in [-0.3, -0.25) is 4.79 Å². The summed E-state index contributed by atoms with van der Waals surface area (Å²) in [5.41, 5.74) is 5.51. The molecular formula is C24H32N2O3. The van der Waals surface area contributed by atoms with Crippen LogP contribution in [0.15, 0.2) is 53.6 Å². The molecule has 0 saturated carbocycles. The largest absolute Gasteiger partial charge is 0.508 e. The van der Waals surface area contributed by atoms with Crippen LogP contribution >= 0.6 is 0 Å². The molecule has 0 aliphatic carbocycles. The lowest BCUT2D eigenvalue weighted by atomic mass is 9.72. The lowest BCUT2D eigenvalue weighted by Gasteiger charge is -2.33. The number of hydrogen-bond acceptors (Lipinski definition) is 4. The van der Waals surface area contributed by atoms with Crippen molar-refractivity contribution in [2.75, 3.05) is 6.61 Å². The summed E-state index contributed by atoms with van der Waals surface area (Å²) in [4.78, 5) is 12.0. The third kappa shape index (κ3) is 7.26. The van der Waals surface area contributed by atoms with E-state index in [1.807, 2.05) is 12.1 Å². The molecule has 5 heteroatoms. The van der Waals surface area contributed by atoms with Crippen molar-refractivity contribution in [3.8, 4) is 11.5 Å². The van der Waals surface area contributed by atoms with Gasteiger partial charge in [0, 0.05) is 0 Å². The Hall–Kier alpha value is -2.82. The van der Waals surface area contributed by atoms with Gasteiger partial charge in [0.25, 0.3) is 5.91 Å². The number of aromatic hydroxyl groups is 1. The molecule has 0 aliphatic rings. The van der Waals surface area contributed by atoms with Gasteiger partial charge in [-0.25, -0.2) is 5.43 Å². The number of hydrogen-bond donors (Lipinski definition) is 2. The molecule has 0 saturated heterocycles. The van der Waals surface area contributed by atoms with Gasteiger partial charge < -0.3 is 9.84 Å². The van der Waals surface area contributed by atoms with Crippen molar-refractivity contribution in [1.82, 2.24) is 5.43 Å². The molecule has 0 spiro atoms. The van der Waals surface area contributed by atoms with Gasteiger partial charge >= 0.3 is 0 Å². The average Bonchev–Trinajstić information content (AvgIpc) is 2.63. The summed E-state index contributed by atoms with van der Waals surface area (Å²) in [6, 6.07) is 14.5. The second kappa shape index (κ2) is 9.12. The Balaban J connectivity index is 1.88. The van der Waals surface area contributed by atoms with Gasteiger partial charge in [-0.15, -0.1) is 0 Å². The number of ether oxygens (including phenoxy) is 1. The highest BCUT2D eigenvalue weighted by molar-refractivity contribution is 5.99. The fraction of sp³-hybridized carbons (Fsp3) is 0.417. The highest BCUT2D eigenvalue weighted by Gasteiger charge is 2.27. The molecule has 0 aromatic heterocycles. The molecule has 5 nitrogen and oxygen atoms in total. The molecule has 0 atom stereocenters. The topological polar surface area (TPSA) is 70.9 Å². The fourth-order valence-corrected chi connectivity index (χ4v) is 3.52. The SMILES string of the molecule is C/C(=N\NC(=O)COc1ccc(C(C)(C)CC(C)(C)C)cc1)c1ccc(O)cc1. The van der Waals surface area contributed by atoms with E-state index in [-0.39, 0.29) is 29.1 Å². The van der Waals surface area contributed by atoms with E-state index in [0.717, 1.165) is 12.0 Å². The smallest absolute Gasteiger partial charge is 0.277 e. The molecule has 0 unspecified atom stereocenters. The second-order valence-corrected chi connectivity index (χ2v) is 9.21. The Morgan fingerprint density at radius 2 is 1.59 bits per heavy atom. The van der Waals surface area contributed by atoms with E-state index >= 15 is 0 Å². The van der Waals surface area contributed by atoms with Crippen molar-refractivity contribution in [2.45, 2.75) is 53.4 Å². The van der Waals surface area contributed by atoms with Crippen LogP contribution in [0.25, 0.3) is 0 Å². The molecule has 0 heterocycles. The Kier molecular flexibility index (Phi) is 7.07. The van der Waals surface area contributed by atoms with Crippen LogP contribution in [-0.2, 0) is 10.2 Å². The highest BCUT2D eigenvalue weighted by atomic mass is 16.5. The van der Waals surface area contributed by atoms with Gasteiger partial charge in [-0.1, -0.05) is 46.8 Å². The van der Waals surface area contributed by atoms with Crippen molar-refractivity contribution in [1.29, 1.82) is 0 Å². The minimum Gasteiger partial charge on any atom is -0.508 e. The second-order valence-electron chi connectivity index (χ2n) is 9.21. The number of benzene rings is 2. The quantitative estimate of drug-likeness (QED) is 0.510. The zero-order valence-corrected chi connectivity index (χ0v) is 18.2. The number of carbonyl (C=O) groups is 1. The van der Waals surface area contributed by atoms with Crippen LogP contribution in [0.1, 0.15) is 59.1 Å². The Morgan fingerprint density at radius 3 is 2.14 bits per heavy atom. The summed E-state index contributed by atoms with van der Waals surface area (Å²) < 4.78 is 5.58. The summed E-state index contributed by atoms with van der Waals surface area (Å²) >= 11 is 0. The number of nitrogens with one attached hydrogen (secondary N) is 1. The maximum atomic E-state index is 12.0. The summed E-state index contributed by atoms with van der Waals surface area (Å²) in [6.45, 7) is 12.9. The van der Waals surface area contributed by atoms with E-state index in [1.54, 1.807) is 31.2 Å². The number of carbonyl (C=O) groups excluding carboxylic acids is 1. The van der Waals surface area contributed by atoms with Crippen LogP contribution in [0, 0.1) is 5.41 Å². The maximum absolute atomic E-state index is 12.0. The molecular weight excluding hydrogens is 364 g/mol. The van der Waals surface area contributed by atoms with Gasteiger partial charge in [-0.2, -0.15) is 5.10 Å². The van der Waals surface area contributed by atoms with Crippen LogP contribution in [0.2, 0.25) is 0 Å². The monoisotopic (exact) mass is 396 g/mol. The van der Waals surface area contributed by atoms with E-state index < -0.39 is 0 Å². The van der Waals surface area contributed by atoms with Crippen LogP contribution < -0.4 is 10.2 Å². The molecule has 29 heavy (non-hydrogen) atoms. The molecule has 2 aromatic rings. The van der Waals surface area contributed by atoms with E-state index in [0.29, 0.717) is 11.5 Å². The molecule has 0 radical (unpaired) electrons. The molecule has 0 aliphatic heterocycles. The van der Waals surface area contributed by atoms with Gasteiger partial charge in [0.2, 0.25) is 0 Å². The number of nitrogens with zero attached hydrogens (tertiary/aromatic N) is 1. The summed E-state index contributed by atoms with van der Waals surface area (Å²) in [6.07, 6.45) is 1.07. The first-order valence-corrected chi connectivity index (χ1v) is 9.82. The number of phenolic OH excluding ortho intramolecular Hbond substituents is 1. The summed E-state index contributed by atoms with van der Waals surface area (Å²) in [5, 5.41) is 13.4. The first-order valence-electron chi connectivity index (χ1n) is 9.82. The molecule has 0 bridgehead atoms. The minimum atomic E-state index is -0.333. The average molecular weight is 397 g/mol. The van der Waals surface area contributed by atoms with Crippen molar-refractivity contribution in [2.24, 2.45) is 10.5 Å². The third-order valence-electron chi connectivity index (χ3n) is 4.61. The van der Waals surface area contributed by atoms with Crippen LogP contribution in [-0.4, -0.2) is 23.3 Å². The number of amides is 1. The molecule has 1 amide bonds. The van der Waals surface area contributed by atoms with Gasteiger partial charge in [0.1, 0.15) is 11.5 Å². The molecule has 2 aromatic carbocycles. The first kappa shape index (κ1) is 22.5. The Labute approximate surface area is 173 Å². The highest BCUT2D eigenvalue weighted by Crippen LogP contribution is 2.36. The number of phenols is 1. The fourth-order valence-electron chi connectivity index (χ4n) is 3.52. The Morgan fingerprint density at radius 1 is 1.00 bits per heavy atom. The summed E-state index contributed by atoms with van der Waals surface area (Å²) in [7, 11) is 0. The van der Waals surface area contributed by atoms with Gasteiger partial charge in [0.05, 0.1) is 5.71 Å². The van der Waals surface area contributed by atoms with Crippen molar-refractivity contribution < 1.29 is 14.6 Å². The first-order chi connectivity index (χ1) is 13.5. The number of rotatable bonds is 7. The van der Waals surface area contributed by atoms with Crippen LogP contribution in [0.5, 0.6) is 11.5 Å². The van der Waals surface area contributed by atoms with E-state index in [2.05, 4.69) is 57.3 Å². The normalized spacial score (nSPS) is 12.6. The lowest BCUT2D eigenvalue weighted by Crippen LogP contribution is -2.26. The predicted molar refractivity (Wildman–Crippen MR) is 117 cm³/mol. The Bertz CT molecular complexity index is 845. The zero-order valence-electron chi connectivity index (χ0n) is 18.2. The van der Waals surface area contributed by atoms with Gasteiger partial charge in [-0.05, 0) is 71.7 Å². The number of hydrazone groups is 1. The third-order valence-corrected chi connectivity index (χ3v) is 4.61. The standard InChI is InChI=1S/C24H32N2O3/c1-17(18-7-11-20(27)12-8-18)25-26-22(28)15-29-21-13-9-19(10-14-21)24(5,6)16-23(2,3)4/h7-14,27H,15-16H2,1-6H3,(H,26,28)/b25-17+. The zero-order chi connectivity index (χ0) is 21.7. The predicted octanol–water partition coefficient (Wildman–Crippen LogP) is 5.03. The van der Waals surface area contributed by atoms with E-state index in [4.69, 9.17) is 4.74 Å². The van der Waals surface area contributed by atoms with Gasteiger partial charge in [0.15, 0.2) is 6.61 Å². The van der Waals surface area contributed by atoms with Crippen LogP contribution in [0.4, 0.5) is 0 Å². The molecule has 2 rings (SSSR count). The van der Waals surface area contributed by atoms with Crippen LogP contribution in [0.3, 0.4) is 0 Å². The minimum absolute atomic E-state index is 0.0641. The molecule has 156 valence electrons. The molecule has 0 fully saturated rings. The maximum Gasteiger partial charge on any atom is 0.277 e. The lowest BCUT2D eigenvalue weighted by molar-refractivity contribution is -0.123. The van der Waals surface area contributed by atoms with E-state index in [1.165, 1.54) is 5.56 Å².